The molecule has 0 aromatic heterocycles. The van der Waals surface area contributed by atoms with Gasteiger partial charge in [-0.15, -0.1) is 0 Å². The molecule has 0 saturated carbocycles. The van der Waals surface area contributed by atoms with E-state index in [1.807, 2.05) is 74.5 Å². The summed E-state index contributed by atoms with van der Waals surface area (Å²) < 4.78 is 5.81. The molecule has 0 bridgehead atoms. The number of carbonyl (C=O) groups excluding carboxylic acids is 1. The summed E-state index contributed by atoms with van der Waals surface area (Å²) in [4.78, 5) is 12.1. The summed E-state index contributed by atoms with van der Waals surface area (Å²) in [7, 11) is 0. The van der Waals surface area contributed by atoms with Gasteiger partial charge in [0.2, 0.25) is 5.91 Å². The second kappa shape index (κ2) is 9.89. The molecule has 0 atom stereocenters. The summed E-state index contributed by atoms with van der Waals surface area (Å²) in [6.45, 7) is 4.42. The quantitative estimate of drug-likeness (QED) is 0.431. The minimum absolute atomic E-state index is 0.153. The number of hydrogen-bond donors (Lipinski definition) is 1. The highest BCUT2D eigenvalue weighted by atomic mass is 35.5. The maximum absolute atomic E-state index is 12.1. The van der Waals surface area contributed by atoms with Gasteiger partial charge in [0, 0.05) is 10.6 Å². The summed E-state index contributed by atoms with van der Waals surface area (Å²) in [5, 5.41) is 4.73. The molecule has 3 aromatic carbocycles. The fraction of sp³-hybridized carbons (Fsp3) is 0.167. The van der Waals surface area contributed by atoms with Crippen molar-refractivity contribution in [3.8, 4) is 5.75 Å². The Balaban J connectivity index is 1.54. The van der Waals surface area contributed by atoms with Crippen LogP contribution in [0.2, 0.25) is 5.02 Å². The minimum atomic E-state index is -0.153. The van der Waals surface area contributed by atoms with Gasteiger partial charge in [0.1, 0.15) is 12.4 Å². The second-order valence-electron chi connectivity index (χ2n) is 6.85. The fourth-order valence-corrected chi connectivity index (χ4v) is 3.09. The zero-order chi connectivity index (χ0) is 20.6. The predicted octanol–water partition coefficient (Wildman–Crippen LogP) is 5.23. The third-order valence-electron chi connectivity index (χ3n) is 4.46. The van der Waals surface area contributed by atoms with Crippen LogP contribution in [0.3, 0.4) is 0 Å². The Morgan fingerprint density at radius 1 is 1.03 bits per heavy atom. The largest absolute Gasteiger partial charge is 0.489 e. The van der Waals surface area contributed by atoms with E-state index in [1.165, 1.54) is 5.56 Å². The highest BCUT2D eigenvalue weighted by Gasteiger charge is 2.05. The van der Waals surface area contributed by atoms with Crippen molar-refractivity contribution in [1.82, 2.24) is 5.43 Å². The molecule has 0 aliphatic rings. The smallest absolute Gasteiger partial charge is 0.244 e. The molecule has 1 amide bonds. The van der Waals surface area contributed by atoms with Gasteiger partial charge in [-0.05, 0) is 48.7 Å². The lowest BCUT2D eigenvalue weighted by molar-refractivity contribution is -0.120. The van der Waals surface area contributed by atoms with Crippen molar-refractivity contribution < 1.29 is 9.53 Å². The number of carbonyl (C=O) groups is 1. The van der Waals surface area contributed by atoms with Gasteiger partial charge in [-0.1, -0.05) is 65.7 Å². The summed E-state index contributed by atoms with van der Waals surface area (Å²) in [6.07, 6.45) is 1.90. The molecule has 0 aliphatic heterocycles. The Morgan fingerprint density at radius 2 is 1.86 bits per heavy atom. The number of aryl methyl sites for hydroxylation is 2. The van der Waals surface area contributed by atoms with E-state index in [-0.39, 0.29) is 5.91 Å². The Morgan fingerprint density at radius 3 is 2.66 bits per heavy atom. The molecule has 5 heteroatoms. The molecule has 0 aliphatic carbocycles. The van der Waals surface area contributed by atoms with Crippen molar-refractivity contribution in [1.29, 1.82) is 0 Å². The van der Waals surface area contributed by atoms with Crippen molar-refractivity contribution in [3.05, 3.63) is 99.6 Å². The van der Waals surface area contributed by atoms with Gasteiger partial charge in [0.05, 0.1) is 12.6 Å². The molecule has 29 heavy (non-hydrogen) atoms. The third-order valence-corrected chi connectivity index (χ3v) is 4.83. The van der Waals surface area contributed by atoms with Crippen LogP contribution >= 0.6 is 11.6 Å². The average molecular weight is 407 g/mol. The van der Waals surface area contributed by atoms with Crippen molar-refractivity contribution in [3.63, 3.8) is 0 Å². The molecule has 0 radical (unpaired) electrons. The fourth-order valence-electron chi connectivity index (χ4n) is 2.90. The zero-order valence-electron chi connectivity index (χ0n) is 16.5. The maximum atomic E-state index is 12.1. The van der Waals surface area contributed by atoms with Crippen LogP contribution in [0.25, 0.3) is 0 Å². The number of hydrogen-bond acceptors (Lipinski definition) is 3. The van der Waals surface area contributed by atoms with Crippen LogP contribution in [0, 0.1) is 13.8 Å². The van der Waals surface area contributed by atoms with Crippen LogP contribution in [-0.4, -0.2) is 12.1 Å². The topological polar surface area (TPSA) is 50.7 Å². The van der Waals surface area contributed by atoms with E-state index in [2.05, 4.69) is 16.6 Å². The number of hydrazone groups is 1. The van der Waals surface area contributed by atoms with Crippen LogP contribution in [0.5, 0.6) is 5.75 Å². The first kappa shape index (κ1) is 20.6. The van der Waals surface area contributed by atoms with E-state index in [0.29, 0.717) is 23.8 Å². The molecule has 0 saturated heterocycles. The molecule has 3 rings (SSSR count). The summed E-state index contributed by atoms with van der Waals surface area (Å²) in [5.74, 6) is 0.551. The number of rotatable bonds is 7. The monoisotopic (exact) mass is 406 g/mol. The van der Waals surface area contributed by atoms with Gasteiger partial charge in [0.15, 0.2) is 0 Å². The molecular formula is C24H23ClN2O2. The van der Waals surface area contributed by atoms with Crippen molar-refractivity contribution in [2.75, 3.05) is 0 Å². The average Bonchev–Trinajstić information content (AvgIpc) is 2.70. The van der Waals surface area contributed by atoms with Gasteiger partial charge in [-0.3, -0.25) is 4.79 Å². The first-order chi connectivity index (χ1) is 14.0. The van der Waals surface area contributed by atoms with E-state index in [4.69, 9.17) is 16.3 Å². The summed E-state index contributed by atoms with van der Waals surface area (Å²) >= 11 is 6.15. The lowest BCUT2D eigenvalue weighted by atomic mass is 10.0. The summed E-state index contributed by atoms with van der Waals surface area (Å²) in [6, 6.07) is 21.1. The van der Waals surface area contributed by atoms with Gasteiger partial charge < -0.3 is 4.74 Å². The molecule has 1 N–H and O–H groups in total. The van der Waals surface area contributed by atoms with Crippen LogP contribution in [-0.2, 0) is 17.8 Å². The van der Waals surface area contributed by atoms with Gasteiger partial charge >= 0.3 is 0 Å². The standard InChI is InChI=1S/C24H23ClN2O2/c1-17-10-11-20(18(2)12-17)14-24(28)27-26-15-19-6-5-8-22(13-19)29-16-21-7-3-4-9-23(21)25/h3-13,15H,14,16H2,1-2H3,(H,27,28)/b26-15+. The molecule has 0 heterocycles. The second-order valence-corrected chi connectivity index (χ2v) is 7.26. The molecule has 0 spiro atoms. The Bertz CT molecular complexity index is 1030. The SMILES string of the molecule is Cc1ccc(CC(=O)N/N=C/c2cccc(OCc3ccccc3Cl)c2)c(C)c1. The van der Waals surface area contributed by atoms with Crippen LogP contribution in [0.1, 0.15) is 27.8 Å². The van der Waals surface area contributed by atoms with E-state index in [9.17, 15) is 4.79 Å². The molecule has 0 fully saturated rings. The lowest BCUT2D eigenvalue weighted by Gasteiger charge is -2.08. The number of nitrogens with zero attached hydrogens (tertiary/aromatic N) is 1. The molecule has 4 nitrogen and oxygen atoms in total. The number of benzene rings is 3. The Kier molecular flexibility index (Phi) is 7.04. The summed E-state index contributed by atoms with van der Waals surface area (Å²) in [5.41, 5.74) is 7.61. The molecule has 3 aromatic rings. The molecule has 148 valence electrons. The van der Waals surface area contributed by atoms with Crippen molar-refractivity contribution in [2.24, 2.45) is 5.10 Å². The van der Waals surface area contributed by atoms with Gasteiger partial charge in [0.25, 0.3) is 0 Å². The normalized spacial score (nSPS) is 10.9. The highest BCUT2D eigenvalue weighted by Crippen LogP contribution is 2.19. The van der Waals surface area contributed by atoms with Crippen molar-refractivity contribution in [2.45, 2.75) is 26.9 Å². The van der Waals surface area contributed by atoms with Crippen molar-refractivity contribution >= 4 is 23.7 Å². The predicted molar refractivity (Wildman–Crippen MR) is 118 cm³/mol. The van der Waals surface area contributed by atoms with E-state index in [0.717, 1.165) is 22.3 Å². The molecular weight excluding hydrogens is 384 g/mol. The minimum Gasteiger partial charge on any atom is -0.489 e. The first-order valence-corrected chi connectivity index (χ1v) is 9.73. The third kappa shape index (κ3) is 6.19. The van der Waals surface area contributed by atoms with E-state index >= 15 is 0 Å². The van der Waals surface area contributed by atoms with E-state index in [1.54, 1.807) is 6.21 Å². The van der Waals surface area contributed by atoms with Crippen LogP contribution in [0.4, 0.5) is 0 Å². The maximum Gasteiger partial charge on any atom is 0.244 e. The number of nitrogens with one attached hydrogen (secondary N) is 1. The van der Waals surface area contributed by atoms with Gasteiger partial charge in [-0.25, -0.2) is 5.43 Å². The lowest BCUT2D eigenvalue weighted by Crippen LogP contribution is -2.20. The first-order valence-electron chi connectivity index (χ1n) is 9.35. The number of amides is 1. The number of ether oxygens (including phenoxy) is 1. The Hall–Kier alpha value is -3.11. The van der Waals surface area contributed by atoms with Crippen LogP contribution in [0.15, 0.2) is 71.8 Å². The zero-order valence-corrected chi connectivity index (χ0v) is 17.2. The number of halogens is 1. The highest BCUT2D eigenvalue weighted by molar-refractivity contribution is 6.31. The van der Waals surface area contributed by atoms with Gasteiger partial charge in [-0.2, -0.15) is 5.10 Å². The molecule has 0 unspecified atom stereocenters. The van der Waals surface area contributed by atoms with Crippen LogP contribution < -0.4 is 10.2 Å². The Labute approximate surface area is 176 Å². The van der Waals surface area contributed by atoms with E-state index < -0.39 is 0 Å².